The maximum absolute atomic E-state index is 12.4. The molecule has 8 nitrogen and oxygen atoms in total. The number of ether oxygens (including phenoxy) is 2. The number of hydrogen-bond donors (Lipinski definition) is 0. The van der Waals surface area contributed by atoms with Crippen molar-refractivity contribution in [1.82, 2.24) is 0 Å². The highest BCUT2D eigenvalue weighted by molar-refractivity contribution is 7.45. The summed E-state index contributed by atoms with van der Waals surface area (Å²) in [5.74, 6) is -0.324. The van der Waals surface area contributed by atoms with E-state index in [1.54, 1.807) is 0 Å². The van der Waals surface area contributed by atoms with Gasteiger partial charge in [-0.3, -0.25) is 9.36 Å². The molecule has 0 saturated heterocycles. The maximum atomic E-state index is 12.4. The second kappa shape index (κ2) is 37.4. The summed E-state index contributed by atoms with van der Waals surface area (Å²) in [5, 5.41) is 0. The summed E-state index contributed by atoms with van der Waals surface area (Å²) in [4.78, 5) is 24.8. The highest BCUT2D eigenvalue weighted by atomic mass is 31.2. The van der Waals surface area contributed by atoms with Gasteiger partial charge in [-0.1, -0.05) is 159 Å². The Labute approximate surface area is 327 Å². The van der Waals surface area contributed by atoms with Crippen molar-refractivity contribution < 1.29 is 37.3 Å². The average molecular weight is 768 g/mol. The molecule has 0 rings (SSSR count). The van der Waals surface area contributed by atoms with Gasteiger partial charge in [0.1, 0.15) is 25.9 Å². The average Bonchev–Trinajstić information content (AvgIpc) is 3.11. The van der Waals surface area contributed by atoms with Crippen LogP contribution in [0.4, 0.5) is 0 Å². The monoisotopic (exact) mass is 768 g/mol. The van der Waals surface area contributed by atoms with Gasteiger partial charge in [0.05, 0.1) is 27.7 Å². The summed E-state index contributed by atoms with van der Waals surface area (Å²) < 4.78 is 34.5. The zero-order chi connectivity index (χ0) is 39.1. The predicted molar refractivity (Wildman–Crippen MR) is 222 cm³/mol. The van der Waals surface area contributed by atoms with Crippen molar-refractivity contribution in [3.8, 4) is 0 Å². The number of allylic oxidation sites excluding steroid dienone is 8. The van der Waals surface area contributed by atoms with Crippen molar-refractivity contribution in [2.75, 3.05) is 54.1 Å². The van der Waals surface area contributed by atoms with E-state index in [2.05, 4.69) is 62.5 Å². The van der Waals surface area contributed by atoms with Gasteiger partial charge < -0.3 is 27.9 Å². The smallest absolute Gasteiger partial charge is 0.305 e. The van der Waals surface area contributed by atoms with E-state index in [4.69, 9.17) is 18.5 Å². The molecule has 0 aliphatic heterocycles. The van der Waals surface area contributed by atoms with Crippen molar-refractivity contribution in [2.45, 2.75) is 174 Å². The number of carbonyl (C=O) groups excluding carboxylic acids is 1. The fourth-order valence-electron chi connectivity index (χ4n) is 5.51. The van der Waals surface area contributed by atoms with Crippen LogP contribution in [0.1, 0.15) is 168 Å². The van der Waals surface area contributed by atoms with Crippen LogP contribution < -0.4 is 4.89 Å². The molecular formula is C44H82NO7P. The second-order valence-corrected chi connectivity index (χ2v) is 16.8. The summed E-state index contributed by atoms with van der Waals surface area (Å²) in [6.07, 6.45) is 44.2. The molecule has 2 atom stereocenters. The highest BCUT2D eigenvalue weighted by Gasteiger charge is 2.19. The van der Waals surface area contributed by atoms with Crippen molar-refractivity contribution in [1.29, 1.82) is 0 Å². The van der Waals surface area contributed by atoms with Crippen LogP contribution in [0.25, 0.3) is 0 Å². The number of esters is 1. The van der Waals surface area contributed by atoms with Gasteiger partial charge in [-0.05, 0) is 51.4 Å². The predicted octanol–water partition coefficient (Wildman–Crippen LogP) is 11.7. The Bertz CT molecular complexity index is 989. The third-order valence-electron chi connectivity index (χ3n) is 8.92. The van der Waals surface area contributed by atoms with Crippen LogP contribution in [-0.2, 0) is 27.9 Å². The first-order chi connectivity index (χ1) is 25.6. The minimum atomic E-state index is -4.50. The lowest BCUT2D eigenvalue weighted by Crippen LogP contribution is -2.37. The molecule has 0 aliphatic carbocycles. The Balaban J connectivity index is 4.34. The third-order valence-corrected chi connectivity index (χ3v) is 9.89. The van der Waals surface area contributed by atoms with Gasteiger partial charge in [0.2, 0.25) is 0 Å². The van der Waals surface area contributed by atoms with E-state index in [9.17, 15) is 14.3 Å². The van der Waals surface area contributed by atoms with E-state index < -0.39 is 13.9 Å². The molecule has 53 heavy (non-hydrogen) atoms. The number of hydrogen-bond acceptors (Lipinski definition) is 7. The zero-order valence-corrected chi connectivity index (χ0v) is 35.8. The molecule has 0 aromatic heterocycles. The van der Waals surface area contributed by atoms with Gasteiger partial charge in [0.25, 0.3) is 7.82 Å². The standard InChI is InChI=1S/C44H82NO7P/c1-6-8-10-12-14-16-18-20-22-23-24-25-27-29-31-33-35-37-44(46)50-41-43(42-52-53(47,48)51-40-38-45(3,4)5)49-39-36-34-32-30-28-26-21-19-17-15-13-11-9-7-2/h14,16,20,22,24-25,29,31,43H,6-13,15,17-19,21,23,26-28,30,32-42H2,1-5H3/b16-14-,22-20-,25-24-,31-29-/t43-/m1/s1. The SMILES string of the molecule is CCCCC/C=C\C/C=C\C/C=C\C/C=C\CCCC(=O)OC[C@H](COP(=O)([O-])OCC[N+](C)(C)C)OCCCCCCCCCCCCCCCC. The van der Waals surface area contributed by atoms with Gasteiger partial charge in [0.15, 0.2) is 0 Å². The molecule has 0 spiro atoms. The molecule has 0 aromatic carbocycles. The minimum Gasteiger partial charge on any atom is -0.756 e. The quantitative estimate of drug-likeness (QED) is 0.0202. The fraction of sp³-hybridized carbons (Fsp3) is 0.795. The number of quaternary nitrogens is 1. The van der Waals surface area contributed by atoms with Crippen LogP contribution in [0.5, 0.6) is 0 Å². The summed E-state index contributed by atoms with van der Waals surface area (Å²) >= 11 is 0. The van der Waals surface area contributed by atoms with Crippen molar-refractivity contribution in [3.05, 3.63) is 48.6 Å². The number of unbranched alkanes of at least 4 members (excludes halogenated alkanes) is 17. The Kier molecular flexibility index (Phi) is 36.3. The molecule has 310 valence electrons. The van der Waals surface area contributed by atoms with Crippen LogP contribution in [0.15, 0.2) is 48.6 Å². The van der Waals surface area contributed by atoms with Crippen LogP contribution in [-0.4, -0.2) is 70.7 Å². The Morgan fingerprint density at radius 2 is 1.04 bits per heavy atom. The Morgan fingerprint density at radius 1 is 0.585 bits per heavy atom. The Morgan fingerprint density at radius 3 is 1.55 bits per heavy atom. The molecular weight excluding hydrogens is 685 g/mol. The number of phosphoric ester groups is 1. The van der Waals surface area contributed by atoms with E-state index in [1.807, 2.05) is 21.1 Å². The van der Waals surface area contributed by atoms with E-state index in [0.717, 1.165) is 44.9 Å². The van der Waals surface area contributed by atoms with Crippen LogP contribution >= 0.6 is 7.82 Å². The summed E-state index contributed by atoms with van der Waals surface area (Å²) in [7, 11) is 1.37. The first-order valence-electron chi connectivity index (χ1n) is 21.4. The van der Waals surface area contributed by atoms with E-state index in [-0.39, 0.29) is 25.8 Å². The number of carbonyl (C=O) groups is 1. The molecule has 1 unspecified atom stereocenters. The molecule has 0 heterocycles. The fourth-order valence-corrected chi connectivity index (χ4v) is 6.24. The largest absolute Gasteiger partial charge is 0.756 e. The molecule has 0 fully saturated rings. The van der Waals surface area contributed by atoms with E-state index in [1.165, 1.54) is 96.3 Å². The molecule has 0 N–H and O–H groups in total. The lowest BCUT2D eigenvalue weighted by atomic mass is 10.0. The molecule has 0 radical (unpaired) electrons. The van der Waals surface area contributed by atoms with E-state index >= 15 is 0 Å². The summed E-state index contributed by atoms with van der Waals surface area (Å²) in [6, 6.07) is 0. The van der Waals surface area contributed by atoms with Crippen LogP contribution in [0, 0.1) is 0 Å². The molecule has 0 bridgehead atoms. The number of likely N-dealkylation sites (N-methyl/N-ethyl adjacent to an activating group) is 1. The molecule has 0 saturated carbocycles. The maximum Gasteiger partial charge on any atom is 0.305 e. The third kappa shape index (κ3) is 41.5. The van der Waals surface area contributed by atoms with Gasteiger partial charge >= 0.3 is 5.97 Å². The molecule has 0 aliphatic rings. The number of rotatable bonds is 39. The van der Waals surface area contributed by atoms with Crippen molar-refractivity contribution in [2.24, 2.45) is 0 Å². The van der Waals surface area contributed by atoms with Gasteiger partial charge in [-0.15, -0.1) is 0 Å². The van der Waals surface area contributed by atoms with Crippen molar-refractivity contribution in [3.63, 3.8) is 0 Å². The first-order valence-corrected chi connectivity index (χ1v) is 22.8. The molecule has 9 heteroatoms. The van der Waals surface area contributed by atoms with Crippen LogP contribution in [0.2, 0.25) is 0 Å². The number of nitrogens with zero attached hydrogens (tertiary/aromatic N) is 1. The summed E-state index contributed by atoms with van der Waals surface area (Å²) in [6.45, 7) is 5.20. The number of phosphoric acid groups is 1. The zero-order valence-electron chi connectivity index (χ0n) is 35.0. The lowest BCUT2D eigenvalue weighted by molar-refractivity contribution is -0.870. The summed E-state index contributed by atoms with van der Waals surface area (Å²) in [5.41, 5.74) is 0. The van der Waals surface area contributed by atoms with Crippen molar-refractivity contribution >= 4 is 13.8 Å². The van der Waals surface area contributed by atoms with E-state index in [0.29, 0.717) is 30.5 Å². The van der Waals surface area contributed by atoms with Gasteiger partial charge in [-0.25, -0.2) is 0 Å². The Hall–Kier alpha value is -1.54. The highest BCUT2D eigenvalue weighted by Crippen LogP contribution is 2.38. The van der Waals surface area contributed by atoms with Gasteiger partial charge in [-0.2, -0.15) is 0 Å². The second-order valence-electron chi connectivity index (χ2n) is 15.3. The first kappa shape index (κ1) is 51.5. The van der Waals surface area contributed by atoms with Gasteiger partial charge in [0, 0.05) is 13.0 Å². The normalized spacial score (nSPS) is 14.3. The molecule has 0 amide bonds. The molecule has 0 aromatic rings. The van der Waals surface area contributed by atoms with Crippen LogP contribution in [0.3, 0.4) is 0 Å². The minimum absolute atomic E-state index is 0.0310. The topological polar surface area (TPSA) is 94.1 Å². The lowest BCUT2D eigenvalue weighted by Gasteiger charge is -2.28.